The van der Waals surface area contributed by atoms with E-state index in [2.05, 4.69) is 33.8 Å². The molecule has 2 heterocycles. The van der Waals surface area contributed by atoms with Crippen molar-refractivity contribution < 1.29 is 9.53 Å². The molecule has 0 N–H and O–H groups in total. The minimum absolute atomic E-state index is 0.0618. The first kappa shape index (κ1) is 18.9. The average molecular weight is 369 g/mol. The maximum atomic E-state index is 12.8. The summed E-state index contributed by atoms with van der Waals surface area (Å²) in [5, 5.41) is 8.38. The van der Waals surface area contributed by atoms with Gasteiger partial charge in [0.15, 0.2) is 11.5 Å². The summed E-state index contributed by atoms with van der Waals surface area (Å²) in [7, 11) is 1.68. The summed E-state index contributed by atoms with van der Waals surface area (Å²) in [5.74, 6) is 1.60. The van der Waals surface area contributed by atoms with Crippen molar-refractivity contribution in [2.24, 2.45) is 0 Å². The molecule has 144 valence electrons. The number of rotatable bonds is 6. The number of nitrogens with zero attached hydrogens (tertiary/aromatic N) is 5. The molecule has 1 aliphatic rings. The maximum Gasteiger partial charge on any atom is 0.274 e. The predicted molar refractivity (Wildman–Crippen MR) is 107 cm³/mol. The molecule has 3 rings (SSSR count). The highest BCUT2D eigenvalue weighted by Gasteiger charge is 2.24. The maximum absolute atomic E-state index is 12.8. The zero-order chi connectivity index (χ0) is 19.2. The summed E-state index contributed by atoms with van der Waals surface area (Å²) in [5.41, 5.74) is 1.46. The van der Waals surface area contributed by atoms with Gasteiger partial charge in [-0.1, -0.05) is 12.1 Å². The SMILES string of the molecule is CCN(CC)c1ccc(C(=O)N2CCN(c3ccccc3OC)CC2)nn1. The van der Waals surface area contributed by atoms with Gasteiger partial charge < -0.3 is 19.4 Å². The van der Waals surface area contributed by atoms with Crippen molar-refractivity contribution in [1.29, 1.82) is 0 Å². The van der Waals surface area contributed by atoms with E-state index in [9.17, 15) is 4.79 Å². The molecule has 1 saturated heterocycles. The van der Waals surface area contributed by atoms with Crippen molar-refractivity contribution in [1.82, 2.24) is 15.1 Å². The van der Waals surface area contributed by atoms with Crippen LogP contribution in [-0.2, 0) is 0 Å². The molecular formula is C20H27N5O2. The quantitative estimate of drug-likeness (QED) is 0.779. The molecule has 1 aromatic carbocycles. The van der Waals surface area contributed by atoms with Crippen LogP contribution in [0, 0.1) is 0 Å². The number of carbonyl (C=O) groups is 1. The van der Waals surface area contributed by atoms with E-state index < -0.39 is 0 Å². The standard InChI is InChI=1S/C20H27N5O2/c1-4-23(5-2)19-11-10-16(21-22-19)20(26)25-14-12-24(13-15-25)17-8-6-7-9-18(17)27-3/h6-11H,4-5,12-15H2,1-3H3. The first-order chi connectivity index (χ1) is 13.2. The van der Waals surface area contributed by atoms with Gasteiger partial charge in [-0.2, -0.15) is 0 Å². The molecule has 0 bridgehead atoms. The first-order valence-electron chi connectivity index (χ1n) is 9.43. The topological polar surface area (TPSA) is 61.8 Å². The van der Waals surface area contributed by atoms with Gasteiger partial charge in [0.25, 0.3) is 5.91 Å². The van der Waals surface area contributed by atoms with Gasteiger partial charge in [0, 0.05) is 39.3 Å². The van der Waals surface area contributed by atoms with Crippen LogP contribution in [0.15, 0.2) is 36.4 Å². The Hall–Kier alpha value is -2.83. The second-order valence-electron chi connectivity index (χ2n) is 6.40. The Morgan fingerprint density at radius 1 is 1.04 bits per heavy atom. The smallest absolute Gasteiger partial charge is 0.274 e. The molecule has 1 aromatic heterocycles. The summed E-state index contributed by atoms with van der Waals surface area (Å²) in [6.45, 7) is 8.70. The zero-order valence-electron chi connectivity index (χ0n) is 16.3. The number of hydrogen-bond donors (Lipinski definition) is 0. The van der Waals surface area contributed by atoms with Crippen LogP contribution in [-0.4, -0.2) is 67.4 Å². The van der Waals surface area contributed by atoms with Gasteiger partial charge in [0.2, 0.25) is 0 Å². The van der Waals surface area contributed by atoms with Crippen molar-refractivity contribution in [3.05, 3.63) is 42.1 Å². The Bertz CT molecular complexity index is 753. The van der Waals surface area contributed by atoms with E-state index in [1.165, 1.54) is 0 Å². The van der Waals surface area contributed by atoms with E-state index in [-0.39, 0.29) is 5.91 Å². The highest BCUT2D eigenvalue weighted by Crippen LogP contribution is 2.28. The molecule has 27 heavy (non-hydrogen) atoms. The van der Waals surface area contributed by atoms with Crippen LogP contribution in [0.3, 0.4) is 0 Å². The monoisotopic (exact) mass is 369 g/mol. The molecule has 0 radical (unpaired) electrons. The summed E-state index contributed by atoms with van der Waals surface area (Å²) in [6, 6.07) is 11.6. The molecule has 7 heteroatoms. The second kappa shape index (κ2) is 8.70. The van der Waals surface area contributed by atoms with Crippen LogP contribution in [0.4, 0.5) is 11.5 Å². The number of carbonyl (C=O) groups excluding carboxylic acids is 1. The molecule has 7 nitrogen and oxygen atoms in total. The number of piperazine rings is 1. The van der Waals surface area contributed by atoms with Crippen molar-refractivity contribution in [2.45, 2.75) is 13.8 Å². The normalized spacial score (nSPS) is 14.2. The molecule has 0 saturated carbocycles. The third-order valence-electron chi connectivity index (χ3n) is 4.95. The lowest BCUT2D eigenvalue weighted by molar-refractivity contribution is 0.0739. The summed E-state index contributed by atoms with van der Waals surface area (Å²) < 4.78 is 5.45. The van der Waals surface area contributed by atoms with Gasteiger partial charge in [-0.05, 0) is 38.1 Å². The predicted octanol–water partition coefficient (Wildman–Crippen LogP) is 2.29. The third-order valence-corrected chi connectivity index (χ3v) is 4.95. The average Bonchev–Trinajstić information content (AvgIpc) is 2.74. The van der Waals surface area contributed by atoms with Crippen molar-refractivity contribution in [3.8, 4) is 5.75 Å². The lowest BCUT2D eigenvalue weighted by Gasteiger charge is -2.36. The number of amides is 1. The number of aromatic nitrogens is 2. The van der Waals surface area contributed by atoms with Gasteiger partial charge in [-0.15, -0.1) is 10.2 Å². The first-order valence-corrected chi connectivity index (χ1v) is 9.43. The van der Waals surface area contributed by atoms with E-state index in [0.29, 0.717) is 18.8 Å². The van der Waals surface area contributed by atoms with E-state index >= 15 is 0 Å². The summed E-state index contributed by atoms with van der Waals surface area (Å²) in [6.07, 6.45) is 0. The van der Waals surface area contributed by atoms with Crippen LogP contribution in [0.2, 0.25) is 0 Å². The molecule has 0 atom stereocenters. The molecular weight excluding hydrogens is 342 g/mol. The Morgan fingerprint density at radius 3 is 2.33 bits per heavy atom. The third kappa shape index (κ3) is 4.13. The van der Waals surface area contributed by atoms with Crippen LogP contribution >= 0.6 is 0 Å². The van der Waals surface area contributed by atoms with Crippen molar-refractivity contribution in [3.63, 3.8) is 0 Å². The van der Waals surface area contributed by atoms with Crippen LogP contribution in [0.5, 0.6) is 5.75 Å². The van der Waals surface area contributed by atoms with Crippen molar-refractivity contribution in [2.75, 3.05) is 56.2 Å². The molecule has 0 unspecified atom stereocenters. The highest BCUT2D eigenvalue weighted by molar-refractivity contribution is 5.92. The van der Waals surface area contributed by atoms with Gasteiger partial charge in [0.1, 0.15) is 5.75 Å². The van der Waals surface area contributed by atoms with E-state index in [0.717, 1.165) is 43.4 Å². The number of para-hydroxylation sites is 2. The van der Waals surface area contributed by atoms with Crippen molar-refractivity contribution >= 4 is 17.4 Å². The summed E-state index contributed by atoms with van der Waals surface area (Å²) in [4.78, 5) is 18.9. The minimum Gasteiger partial charge on any atom is -0.495 e. The molecule has 2 aromatic rings. The Labute approximate surface area is 160 Å². The van der Waals surface area contributed by atoms with Gasteiger partial charge >= 0.3 is 0 Å². The Balaban J connectivity index is 1.63. The Kier molecular flexibility index (Phi) is 6.11. The lowest BCUT2D eigenvalue weighted by Crippen LogP contribution is -2.49. The van der Waals surface area contributed by atoms with E-state index in [4.69, 9.17) is 4.74 Å². The minimum atomic E-state index is -0.0618. The van der Waals surface area contributed by atoms with Gasteiger partial charge in [-0.3, -0.25) is 4.79 Å². The van der Waals surface area contributed by atoms with Gasteiger partial charge in [-0.25, -0.2) is 0 Å². The number of methoxy groups -OCH3 is 1. The molecule has 0 spiro atoms. The molecule has 1 fully saturated rings. The number of ether oxygens (including phenoxy) is 1. The molecule has 0 aliphatic carbocycles. The summed E-state index contributed by atoms with van der Waals surface area (Å²) >= 11 is 0. The van der Waals surface area contributed by atoms with Crippen LogP contribution in [0.25, 0.3) is 0 Å². The second-order valence-corrected chi connectivity index (χ2v) is 6.40. The fourth-order valence-electron chi connectivity index (χ4n) is 3.36. The molecule has 1 aliphatic heterocycles. The lowest BCUT2D eigenvalue weighted by atomic mass is 10.2. The fraction of sp³-hybridized carbons (Fsp3) is 0.450. The number of benzene rings is 1. The largest absolute Gasteiger partial charge is 0.495 e. The van der Waals surface area contributed by atoms with Crippen LogP contribution < -0.4 is 14.5 Å². The molecule has 1 amide bonds. The highest BCUT2D eigenvalue weighted by atomic mass is 16.5. The van der Waals surface area contributed by atoms with Gasteiger partial charge in [0.05, 0.1) is 12.8 Å². The van der Waals surface area contributed by atoms with Crippen LogP contribution in [0.1, 0.15) is 24.3 Å². The Morgan fingerprint density at radius 2 is 1.74 bits per heavy atom. The van der Waals surface area contributed by atoms with E-state index in [1.807, 2.05) is 35.2 Å². The van der Waals surface area contributed by atoms with E-state index in [1.54, 1.807) is 13.2 Å². The fourth-order valence-corrected chi connectivity index (χ4v) is 3.36. The number of anilines is 2. The zero-order valence-corrected chi connectivity index (χ0v) is 16.3. The number of hydrogen-bond acceptors (Lipinski definition) is 6.